The standard InChI is InChI=1S/C12H11Cl2N5/c13-7-11(15)16-8-1-3-9(4-2-8)17-12-6-5-10(14)18-19-12/h1-6H,7H2,(H2,15,16)(H,17,19). The molecule has 7 heteroatoms. The Bertz CT molecular complexity index is 566. The summed E-state index contributed by atoms with van der Waals surface area (Å²) < 4.78 is 0. The zero-order valence-corrected chi connectivity index (χ0v) is 11.4. The Hall–Kier alpha value is -1.85. The maximum atomic E-state index is 5.66. The van der Waals surface area contributed by atoms with Gasteiger partial charge < -0.3 is 11.1 Å². The Morgan fingerprint density at radius 2 is 1.89 bits per heavy atom. The maximum absolute atomic E-state index is 5.66. The number of nitrogens with two attached hydrogens (primary N) is 1. The Morgan fingerprint density at radius 1 is 1.16 bits per heavy atom. The summed E-state index contributed by atoms with van der Waals surface area (Å²) in [6.45, 7) is 0. The van der Waals surface area contributed by atoms with Gasteiger partial charge in [0.1, 0.15) is 5.84 Å². The Kier molecular flexibility index (Phi) is 4.54. The third-order valence-corrected chi connectivity index (χ3v) is 2.66. The molecule has 5 nitrogen and oxygen atoms in total. The SMILES string of the molecule is NC(CCl)=Nc1ccc(Nc2ccc(Cl)nn2)cc1. The minimum absolute atomic E-state index is 0.209. The van der Waals surface area contributed by atoms with Gasteiger partial charge in [0, 0.05) is 5.69 Å². The number of anilines is 2. The molecule has 0 unspecified atom stereocenters. The van der Waals surface area contributed by atoms with E-state index in [9.17, 15) is 0 Å². The maximum Gasteiger partial charge on any atom is 0.153 e. The summed E-state index contributed by atoms with van der Waals surface area (Å²) >= 11 is 11.2. The smallest absolute Gasteiger partial charge is 0.153 e. The average Bonchev–Trinajstić information content (AvgIpc) is 2.43. The van der Waals surface area contributed by atoms with Crippen LogP contribution in [0.1, 0.15) is 0 Å². The summed E-state index contributed by atoms with van der Waals surface area (Å²) in [6, 6.07) is 10.8. The van der Waals surface area contributed by atoms with Gasteiger partial charge in [-0.3, -0.25) is 0 Å². The van der Waals surface area contributed by atoms with Gasteiger partial charge in [-0.15, -0.1) is 21.8 Å². The number of benzene rings is 1. The average molecular weight is 296 g/mol. The summed E-state index contributed by atoms with van der Waals surface area (Å²) in [4.78, 5) is 4.13. The van der Waals surface area contributed by atoms with Crippen LogP contribution in [-0.4, -0.2) is 21.9 Å². The lowest BCUT2D eigenvalue weighted by Gasteiger charge is -2.05. The molecule has 3 N–H and O–H groups in total. The van der Waals surface area contributed by atoms with Crippen LogP contribution in [0.5, 0.6) is 0 Å². The van der Waals surface area contributed by atoms with Gasteiger partial charge in [0.2, 0.25) is 0 Å². The van der Waals surface area contributed by atoms with Crippen molar-refractivity contribution >= 4 is 46.2 Å². The molecule has 2 rings (SSSR count). The highest BCUT2D eigenvalue weighted by Gasteiger charge is 1.98. The predicted octanol–water partition coefficient (Wildman–Crippen LogP) is 3.10. The number of halogens is 2. The second-order valence-electron chi connectivity index (χ2n) is 3.65. The van der Waals surface area contributed by atoms with Gasteiger partial charge in [0.05, 0.1) is 11.6 Å². The molecule has 0 spiro atoms. The highest BCUT2D eigenvalue weighted by atomic mass is 35.5. The second kappa shape index (κ2) is 6.36. The third kappa shape index (κ3) is 4.08. The van der Waals surface area contributed by atoms with E-state index < -0.39 is 0 Å². The van der Waals surface area contributed by atoms with Crippen molar-refractivity contribution in [2.24, 2.45) is 10.7 Å². The van der Waals surface area contributed by atoms with Crippen LogP contribution in [0.3, 0.4) is 0 Å². The first-order valence-corrected chi connectivity index (χ1v) is 6.34. The lowest BCUT2D eigenvalue weighted by molar-refractivity contribution is 1.04. The molecule has 0 aliphatic rings. The fourth-order valence-corrected chi connectivity index (χ4v) is 1.51. The molecule has 0 aliphatic heterocycles. The molecule has 2 aromatic rings. The van der Waals surface area contributed by atoms with E-state index in [1.54, 1.807) is 12.1 Å². The molecule has 0 aliphatic carbocycles. The van der Waals surface area contributed by atoms with Gasteiger partial charge in [0.25, 0.3) is 0 Å². The fraction of sp³-hybridized carbons (Fsp3) is 0.0833. The third-order valence-electron chi connectivity index (χ3n) is 2.18. The normalized spacial score (nSPS) is 11.4. The molecular weight excluding hydrogens is 285 g/mol. The van der Waals surface area contributed by atoms with E-state index in [0.29, 0.717) is 16.8 Å². The summed E-state index contributed by atoms with van der Waals surface area (Å²) in [7, 11) is 0. The minimum Gasteiger partial charge on any atom is -0.386 e. The molecule has 1 aromatic carbocycles. The van der Waals surface area contributed by atoms with Crippen molar-refractivity contribution in [1.29, 1.82) is 0 Å². The summed E-state index contributed by atoms with van der Waals surface area (Å²) in [5.74, 6) is 1.20. The predicted molar refractivity (Wildman–Crippen MR) is 78.8 cm³/mol. The minimum atomic E-state index is 0.209. The molecule has 0 atom stereocenters. The number of hydrogen-bond acceptors (Lipinski definition) is 4. The van der Waals surface area contributed by atoms with E-state index in [2.05, 4.69) is 20.5 Å². The first-order chi connectivity index (χ1) is 9.17. The first kappa shape index (κ1) is 13.6. The zero-order chi connectivity index (χ0) is 13.7. The van der Waals surface area contributed by atoms with Crippen LogP contribution in [-0.2, 0) is 0 Å². The van der Waals surface area contributed by atoms with Crippen LogP contribution < -0.4 is 11.1 Å². The second-order valence-corrected chi connectivity index (χ2v) is 4.30. The van der Waals surface area contributed by atoms with E-state index in [1.807, 2.05) is 24.3 Å². The largest absolute Gasteiger partial charge is 0.386 e. The van der Waals surface area contributed by atoms with E-state index in [4.69, 9.17) is 28.9 Å². The topological polar surface area (TPSA) is 76.2 Å². The van der Waals surface area contributed by atoms with Crippen molar-refractivity contribution in [3.05, 3.63) is 41.6 Å². The number of nitrogens with one attached hydrogen (secondary N) is 1. The number of hydrogen-bond donors (Lipinski definition) is 2. The molecular formula is C12H11Cl2N5. The van der Waals surface area contributed by atoms with Crippen molar-refractivity contribution in [2.75, 3.05) is 11.2 Å². The van der Waals surface area contributed by atoms with Gasteiger partial charge in [-0.05, 0) is 36.4 Å². The van der Waals surface area contributed by atoms with Crippen molar-refractivity contribution in [2.45, 2.75) is 0 Å². The molecule has 0 saturated carbocycles. The van der Waals surface area contributed by atoms with Crippen LogP contribution in [0, 0.1) is 0 Å². The number of aliphatic imine (C=N–C) groups is 1. The summed E-state index contributed by atoms with van der Waals surface area (Å²) in [5, 5.41) is 11.1. The first-order valence-electron chi connectivity index (χ1n) is 5.42. The van der Waals surface area contributed by atoms with Gasteiger partial charge in [-0.1, -0.05) is 11.6 Å². The summed E-state index contributed by atoms with van der Waals surface area (Å²) in [6.07, 6.45) is 0. The van der Waals surface area contributed by atoms with Gasteiger partial charge in [-0.2, -0.15) is 0 Å². The quantitative estimate of drug-likeness (QED) is 0.516. The van der Waals surface area contributed by atoms with E-state index >= 15 is 0 Å². The zero-order valence-electron chi connectivity index (χ0n) is 9.85. The van der Waals surface area contributed by atoms with E-state index in [1.165, 1.54) is 0 Å². The highest BCUT2D eigenvalue weighted by molar-refractivity contribution is 6.29. The van der Waals surface area contributed by atoms with Crippen LogP contribution in [0.25, 0.3) is 0 Å². The van der Waals surface area contributed by atoms with Crippen LogP contribution in [0.4, 0.5) is 17.2 Å². The molecule has 98 valence electrons. The lowest BCUT2D eigenvalue weighted by atomic mass is 10.3. The number of alkyl halides is 1. The highest BCUT2D eigenvalue weighted by Crippen LogP contribution is 2.19. The van der Waals surface area contributed by atoms with Gasteiger partial charge >= 0.3 is 0 Å². The van der Waals surface area contributed by atoms with E-state index in [-0.39, 0.29) is 5.88 Å². The lowest BCUT2D eigenvalue weighted by Crippen LogP contribution is -2.12. The molecule has 0 bridgehead atoms. The van der Waals surface area contributed by atoms with Gasteiger partial charge in [-0.25, -0.2) is 4.99 Å². The number of nitrogens with zero attached hydrogens (tertiary/aromatic N) is 3. The van der Waals surface area contributed by atoms with Crippen LogP contribution in [0.2, 0.25) is 5.15 Å². The fourth-order valence-electron chi connectivity index (χ4n) is 1.35. The Labute approximate surface area is 120 Å². The van der Waals surface area contributed by atoms with Crippen molar-refractivity contribution in [1.82, 2.24) is 10.2 Å². The van der Waals surface area contributed by atoms with E-state index in [0.717, 1.165) is 11.4 Å². The monoisotopic (exact) mass is 295 g/mol. The molecule has 0 saturated heterocycles. The molecule has 0 fully saturated rings. The molecule has 0 radical (unpaired) electrons. The van der Waals surface area contributed by atoms with Crippen LogP contribution in [0.15, 0.2) is 41.4 Å². The Morgan fingerprint density at radius 3 is 2.47 bits per heavy atom. The number of amidine groups is 1. The van der Waals surface area contributed by atoms with Crippen LogP contribution >= 0.6 is 23.2 Å². The van der Waals surface area contributed by atoms with Crippen molar-refractivity contribution in [3.8, 4) is 0 Å². The molecule has 19 heavy (non-hydrogen) atoms. The van der Waals surface area contributed by atoms with Crippen molar-refractivity contribution in [3.63, 3.8) is 0 Å². The summed E-state index contributed by atoms with van der Waals surface area (Å²) in [5.41, 5.74) is 7.16. The van der Waals surface area contributed by atoms with Gasteiger partial charge in [0.15, 0.2) is 11.0 Å². The number of rotatable bonds is 4. The van der Waals surface area contributed by atoms with Crippen molar-refractivity contribution < 1.29 is 0 Å². The molecule has 1 heterocycles. The molecule has 0 amide bonds. The number of aromatic nitrogens is 2. The Balaban J connectivity index is 2.08. The molecule has 1 aromatic heterocycles.